The molecule has 1 aliphatic heterocycles. The summed E-state index contributed by atoms with van der Waals surface area (Å²) in [6.45, 7) is 1.17. The third kappa shape index (κ3) is 2.44. The summed E-state index contributed by atoms with van der Waals surface area (Å²) in [5.41, 5.74) is 3.73. The predicted molar refractivity (Wildman–Crippen MR) is 100 cm³/mol. The van der Waals surface area contributed by atoms with Gasteiger partial charge in [-0.15, -0.1) is 0 Å². The molecule has 27 heavy (non-hydrogen) atoms. The number of carbonyl (C=O) groups excluding carboxylic acids is 1. The molecule has 136 valence electrons. The van der Waals surface area contributed by atoms with Crippen molar-refractivity contribution in [3.8, 4) is 0 Å². The average Bonchev–Trinajstić information content (AvgIpc) is 3.24. The van der Waals surface area contributed by atoms with Crippen LogP contribution >= 0.6 is 0 Å². The Morgan fingerprint density at radius 1 is 1.26 bits per heavy atom. The van der Waals surface area contributed by atoms with Crippen LogP contribution in [0.3, 0.4) is 0 Å². The number of amides is 1. The van der Waals surface area contributed by atoms with Gasteiger partial charge in [0.2, 0.25) is 5.91 Å². The Kier molecular flexibility index (Phi) is 3.40. The highest BCUT2D eigenvalue weighted by atomic mass is 16.2. The van der Waals surface area contributed by atoms with Gasteiger partial charge in [-0.3, -0.25) is 18.8 Å². The lowest BCUT2D eigenvalue weighted by atomic mass is 10.0. The number of aromatic amines is 1. The number of rotatable bonds is 2. The van der Waals surface area contributed by atoms with Gasteiger partial charge in [0.15, 0.2) is 5.65 Å². The molecule has 0 atom stereocenters. The van der Waals surface area contributed by atoms with Gasteiger partial charge in [0.1, 0.15) is 18.3 Å². The fraction of sp³-hybridized carbons (Fsp3) is 0.263. The van der Waals surface area contributed by atoms with Gasteiger partial charge in [0.05, 0.1) is 6.20 Å². The maximum Gasteiger partial charge on any atom is 0.264 e. The van der Waals surface area contributed by atoms with E-state index in [0.29, 0.717) is 24.1 Å². The molecule has 8 heteroatoms. The van der Waals surface area contributed by atoms with Crippen molar-refractivity contribution in [1.29, 1.82) is 0 Å². The molecule has 3 aromatic heterocycles. The zero-order chi connectivity index (χ0) is 18.5. The van der Waals surface area contributed by atoms with Crippen LogP contribution in [0.25, 0.3) is 21.9 Å². The highest BCUT2D eigenvalue weighted by Gasteiger charge is 2.24. The first-order valence-corrected chi connectivity index (χ1v) is 8.85. The smallest absolute Gasteiger partial charge is 0.264 e. The summed E-state index contributed by atoms with van der Waals surface area (Å²) in [5, 5.41) is 5.63. The monoisotopic (exact) mass is 362 g/mol. The first-order chi connectivity index (χ1) is 13.1. The summed E-state index contributed by atoms with van der Waals surface area (Å²) in [4.78, 5) is 34.9. The molecule has 0 saturated heterocycles. The Bertz CT molecular complexity index is 1250. The van der Waals surface area contributed by atoms with Gasteiger partial charge in [-0.05, 0) is 6.07 Å². The van der Waals surface area contributed by atoms with Gasteiger partial charge in [-0.1, -0.05) is 18.2 Å². The molecule has 0 spiro atoms. The molecule has 1 aromatic carbocycles. The number of hydrogen-bond donors (Lipinski definition) is 1. The minimum atomic E-state index is -0.244. The molecule has 0 aliphatic carbocycles. The minimum absolute atomic E-state index is 0.0195. The van der Waals surface area contributed by atoms with Gasteiger partial charge in [0.25, 0.3) is 5.56 Å². The summed E-state index contributed by atoms with van der Waals surface area (Å²) in [6.07, 6.45) is 3.70. The number of fused-ring (bicyclic) bond motifs is 4. The van der Waals surface area contributed by atoms with Crippen LogP contribution < -0.4 is 5.56 Å². The molecule has 4 aromatic rings. The molecular formula is C19H18N6O2. The number of benzene rings is 1. The van der Waals surface area contributed by atoms with Crippen molar-refractivity contribution in [2.75, 3.05) is 6.54 Å². The molecule has 0 bridgehead atoms. The van der Waals surface area contributed by atoms with Gasteiger partial charge in [-0.25, -0.2) is 4.98 Å². The fourth-order valence-corrected chi connectivity index (χ4v) is 3.80. The Balaban J connectivity index is 1.42. The molecule has 0 fully saturated rings. The van der Waals surface area contributed by atoms with Crippen molar-refractivity contribution in [3.63, 3.8) is 0 Å². The number of H-pyrrole nitrogens is 1. The van der Waals surface area contributed by atoms with Crippen LogP contribution in [0.4, 0.5) is 0 Å². The number of aryl methyl sites for hydroxylation is 1. The van der Waals surface area contributed by atoms with Crippen molar-refractivity contribution >= 4 is 27.8 Å². The van der Waals surface area contributed by atoms with Crippen molar-refractivity contribution in [3.05, 3.63) is 58.4 Å². The van der Waals surface area contributed by atoms with Gasteiger partial charge in [-0.2, -0.15) is 5.10 Å². The third-order valence-corrected chi connectivity index (χ3v) is 5.26. The van der Waals surface area contributed by atoms with E-state index in [0.717, 1.165) is 17.3 Å². The molecule has 0 unspecified atom stereocenters. The molecule has 1 aliphatic rings. The Hall–Kier alpha value is -3.42. The zero-order valence-corrected chi connectivity index (χ0v) is 14.8. The molecule has 4 heterocycles. The van der Waals surface area contributed by atoms with Crippen LogP contribution in [0, 0.1) is 0 Å². The van der Waals surface area contributed by atoms with Gasteiger partial charge >= 0.3 is 0 Å². The van der Waals surface area contributed by atoms with Crippen LogP contribution in [0.5, 0.6) is 0 Å². The van der Waals surface area contributed by atoms with Gasteiger partial charge < -0.3 is 9.88 Å². The lowest BCUT2D eigenvalue weighted by molar-refractivity contribution is -0.132. The SMILES string of the molecule is Cn1ncc2c(=O)n(CC(=O)N3CCc4[nH]c5ccccc5c4C3)cnc21. The van der Waals surface area contributed by atoms with Crippen LogP contribution in [0.15, 0.2) is 41.6 Å². The largest absolute Gasteiger partial charge is 0.358 e. The fourth-order valence-electron chi connectivity index (χ4n) is 3.80. The summed E-state index contributed by atoms with van der Waals surface area (Å²) >= 11 is 0. The molecule has 1 N–H and O–H groups in total. The molecule has 0 radical (unpaired) electrons. The summed E-state index contributed by atoms with van der Waals surface area (Å²) in [6, 6.07) is 8.13. The van der Waals surface area contributed by atoms with E-state index < -0.39 is 0 Å². The number of para-hydroxylation sites is 1. The normalized spacial score (nSPS) is 14.0. The highest BCUT2D eigenvalue weighted by molar-refractivity contribution is 5.86. The van der Waals surface area contributed by atoms with E-state index in [-0.39, 0.29) is 18.0 Å². The summed E-state index contributed by atoms with van der Waals surface area (Å²) < 4.78 is 2.91. The zero-order valence-electron chi connectivity index (χ0n) is 14.8. The van der Waals surface area contributed by atoms with E-state index in [1.807, 2.05) is 23.1 Å². The summed E-state index contributed by atoms with van der Waals surface area (Å²) in [7, 11) is 1.73. The second-order valence-corrected chi connectivity index (χ2v) is 6.88. The molecular weight excluding hydrogens is 344 g/mol. The van der Waals surface area contributed by atoms with Crippen LogP contribution in [0.1, 0.15) is 11.3 Å². The Labute approximate surface area is 154 Å². The molecule has 8 nitrogen and oxygen atoms in total. The second-order valence-electron chi connectivity index (χ2n) is 6.88. The van der Waals surface area contributed by atoms with Crippen molar-refractivity contribution in [1.82, 2.24) is 29.2 Å². The average molecular weight is 362 g/mol. The van der Waals surface area contributed by atoms with E-state index in [2.05, 4.69) is 21.1 Å². The molecule has 0 saturated carbocycles. The number of nitrogens with zero attached hydrogens (tertiary/aromatic N) is 5. The van der Waals surface area contributed by atoms with Crippen LogP contribution in [0.2, 0.25) is 0 Å². The molecule has 1 amide bonds. The first kappa shape index (κ1) is 15.8. The lowest BCUT2D eigenvalue weighted by Crippen LogP contribution is -2.39. The minimum Gasteiger partial charge on any atom is -0.358 e. The number of aromatic nitrogens is 5. The van der Waals surface area contributed by atoms with Crippen molar-refractivity contribution < 1.29 is 4.79 Å². The van der Waals surface area contributed by atoms with E-state index in [1.165, 1.54) is 28.3 Å². The van der Waals surface area contributed by atoms with Crippen molar-refractivity contribution in [2.45, 2.75) is 19.5 Å². The van der Waals surface area contributed by atoms with Crippen LogP contribution in [-0.4, -0.2) is 41.7 Å². The third-order valence-electron chi connectivity index (χ3n) is 5.26. The highest BCUT2D eigenvalue weighted by Crippen LogP contribution is 2.27. The summed E-state index contributed by atoms with van der Waals surface area (Å²) in [5.74, 6) is -0.0851. The number of nitrogens with one attached hydrogen (secondary N) is 1. The Morgan fingerprint density at radius 2 is 2.11 bits per heavy atom. The van der Waals surface area contributed by atoms with E-state index in [9.17, 15) is 9.59 Å². The number of carbonyl (C=O) groups is 1. The quantitative estimate of drug-likeness (QED) is 0.580. The van der Waals surface area contributed by atoms with E-state index in [4.69, 9.17) is 0 Å². The topological polar surface area (TPSA) is 88.8 Å². The maximum absolute atomic E-state index is 12.8. The van der Waals surface area contributed by atoms with Crippen molar-refractivity contribution in [2.24, 2.45) is 7.05 Å². The van der Waals surface area contributed by atoms with E-state index in [1.54, 1.807) is 11.7 Å². The molecule has 5 rings (SSSR count). The first-order valence-electron chi connectivity index (χ1n) is 8.85. The predicted octanol–water partition coefficient (Wildman–Crippen LogP) is 1.20. The Morgan fingerprint density at radius 3 is 3.00 bits per heavy atom. The van der Waals surface area contributed by atoms with E-state index >= 15 is 0 Å². The maximum atomic E-state index is 12.8. The van der Waals surface area contributed by atoms with Gasteiger partial charge in [0, 0.05) is 48.7 Å². The lowest BCUT2D eigenvalue weighted by Gasteiger charge is -2.27. The number of hydrogen-bond acceptors (Lipinski definition) is 4. The second kappa shape index (κ2) is 5.80. The van der Waals surface area contributed by atoms with Crippen LogP contribution in [-0.2, 0) is 31.4 Å². The standard InChI is InChI=1S/C19H18N6O2/c1-23-18-13(8-21-23)19(27)25(11-20-18)10-17(26)24-7-6-16-14(9-24)12-4-2-3-5-15(12)22-16/h2-5,8,11,22H,6-7,9-10H2,1H3.